The first-order valence-corrected chi connectivity index (χ1v) is 6.36. The molecule has 0 fully saturated rings. The van der Waals surface area contributed by atoms with E-state index in [-0.39, 0.29) is 0 Å². The fourth-order valence-electron chi connectivity index (χ4n) is 2.76. The van der Waals surface area contributed by atoms with E-state index in [0.717, 1.165) is 5.92 Å². The molecule has 1 aromatic heterocycles. The molecular formula is C15H19N. The lowest BCUT2D eigenvalue weighted by molar-refractivity contribution is 0.499. The molecule has 0 bridgehead atoms. The van der Waals surface area contributed by atoms with Gasteiger partial charge in [-0.1, -0.05) is 38.2 Å². The second kappa shape index (κ2) is 3.65. The van der Waals surface area contributed by atoms with Crippen molar-refractivity contribution >= 4 is 24.3 Å². The summed E-state index contributed by atoms with van der Waals surface area (Å²) in [4.78, 5) is 3.57. The van der Waals surface area contributed by atoms with Crippen LogP contribution in [0.5, 0.6) is 0 Å². The maximum absolute atomic E-state index is 3.57. The standard InChI is InChI=1S/C15H19N/c1-10(2)11-7-8-13-12-5-3-4-6-14(12)16-15(13)9-11/h5-6,8-11,16H,3-4,7H2,1-2H3. The molecule has 1 atom stereocenters. The van der Waals surface area contributed by atoms with E-state index in [4.69, 9.17) is 0 Å². The van der Waals surface area contributed by atoms with Gasteiger partial charge in [0.15, 0.2) is 0 Å². The van der Waals surface area contributed by atoms with E-state index >= 15 is 0 Å². The molecule has 3 rings (SSSR count). The normalized spacial score (nSPS) is 22.3. The highest BCUT2D eigenvalue weighted by Gasteiger charge is 2.13. The molecule has 0 aromatic carbocycles. The first-order valence-electron chi connectivity index (χ1n) is 6.36. The number of fused-ring (bicyclic) bond motifs is 3. The molecule has 0 saturated carbocycles. The second-order valence-corrected chi connectivity index (χ2v) is 5.28. The van der Waals surface area contributed by atoms with Gasteiger partial charge >= 0.3 is 0 Å². The maximum atomic E-state index is 3.57. The number of H-pyrrole nitrogens is 1. The molecule has 1 unspecified atom stereocenters. The van der Waals surface area contributed by atoms with Gasteiger partial charge in [0.05, 0.1) is 0 Å². The van der Waals surface area contributed by atoms with Crippen molar-refractivity contribution in [1.82, 2.24) is 4.98 Å². The van der Waals surface area contributed by atoms with Crippen molar-refractivity contribution in [2.75, 3.05) is 0 Å². The third-order valence-corrected chi connectivity index (χ3v) is 3.83. The maximum Gasteiger partial charge on any atom is 0.0423 e. The lowest BCUT2D eigenvalue weighted by Crippen LogP contribution is -2.40. The Morgan fingerprint density at radius 2 is 1.81 bits per heavy atom. The van der Waals surface area contributed by atoms with Crippen molar-refractivity contribution in [3.8, 4) is 0 Å². The molecule has 1 heteroatoms. The monoisotopic (exact) mass is 213 g/mol. The SMILES string of the molecule is CC(C)C1C=c2[nH]c3c(c2=CC1)=CCCC=3. The molecule has 1 nitrogen and oxygen atoms in total. The van der Waals surface area contributed by atoms with Gasteiger partial charge in [-0.3, -0.25) is 0 Å². The fourth-order valence-corrected chi connectivity index (χ4v) is 2.76. The van der Waals surface area contributed by atoms with Gasteiger partial charge < -0.3 is 4.98 Å². The van der Waals surface area contributed by atoms with Gasteiger partial charge in [0, 0.05) is 21.1 Å². The van der Waals surface area contributed by atoms with Gasteiger partial charge in [-0.25, -0.2) is 0 Å². The topological polar surface area (TPSA) is 15.8 Å². The zero-order valence-corrected chi connectivity index (χ0v) is 10.1. The van der Waals surface area contributed by atoms with Gasteiger partial charge in [-0.2, -0.15) is 0 Å². The Balaban J connectivity index is 2.29. The minimum atomic E-state index is 0.701. The predicted molar refractivity (Wildman–Crippen MR) is 69.3 cm³/mol. The Morgan fingerprint density at radius 3 is 2.62 bits per heavy atom. The number of aromatic nitrogens is 1. The quantitative estimate of drug-likeness (QED) is 0.703. The molecule has 1 heterocycles. The minimum Gasteiger partial charge on any atom is -0.355 e. The summed E-state index contributed by atoms with van der Waals surface area (Å²) in [6.45, 7) is 4.61. The van der Waals surface area contributed by atoms with Crippen LogP contribution >= 0.6 is 0 Å². The highest BCUT2D eigenvalue weighted by atomic mass is 14.7. The minimum absolute atomic E-state index is 0.701. The molecule has 0 amide bonds. The van der Waals surface area contributed by atoms with Crippen molar-refractivity contribution in [2.45, 2.75) is 33.1 Å². The molecule has 1 N–H and O–H groups in total. The summed E-state index contributed by atoms with van der Waals surface area (Å²) in [5.41, 5.74) is 0. The van der Waals surface area contributed by atoms with Gasteiger partial charge in [0.1, 0.15) is 0 Å². The summed E-state index contributed by atoms with van der Waals surface area (Å²) in [6.07, 6.45) is 13.1. The van der Waals surface area contributed by atoms with Gasteiger partial charge in [-0.05, 0) is 31.1 Å². The zero-order chi connectivity index (χ0) is 11.1. The van der Waals surface area contributed by atoms with E-state index in [1.165, 1.54) is 40.4 Å². The summed E-state index contributed by atoms with van der Waals surface area (Å²) in [5, 5.41) is 5.58. The molecule has 16 heavy (non-hydrogen) atoms. The van der Waals surface area contributed by atoms with Crippen molar-refractivity contribution in [3.63, 3.8) is 0 Å². The van der Waals surface area contributed by atoms with Crippen molar-refractivity contribution < 1.29 is 0 Å². The van der Waals surface area contributed by atoms with Crippen LogP contribution in [0, 0.1) is 11.8 Å². The number of hydrogen-bond donors (Lipinski definition) is 1. The molecule has 0 radical (unpaired) electrons. The van der Waals surface area contributed by atoms with Crippen LogP contribution in [0.1, 0.15) is 33.1 Å². The zero-order valence-electron chi connectivity index (χ0n) is 10.1. The molecule has 0 aliphatic heterocycles. The van der Waals surface area contributed by atoms with Gasteiger partial charge in [0.25, 0.3) is 0 Å². The molecule has 1 aromatic rings. The third-order valence-electron chi connectivity index (χ3n) is 3.83. The summed E-state index contributed by atoms with van der Waals surface area (Å²) in [6, 6.07) is 0. The lowest BCUT2D eigenvalue weighted by Gasteiger charge is -2.16. The van der Waals surface area contributed by atoms with Crippen molar-refractivity contribution in [3.05, 3.63) is 21.1 Å². The number of rotatable bonds is 1. The van der Waals surface area contributed by atoms with Crippen molar-refractivity contribution in [2.24, 2.45) is 11.8 Å². The Morgan fingerprint density at radius 1 is 1.06 bits per heavy atom. The molecule has 2 aliphatic carbocycles. The van der Waals surface area contributed by atoms with E-state index in [9.17, 15) is 0 Å². The Kier molecular flexibility index (Phi) is 2.27. The largest absolute Gasteiger partial charge is 0.355 e. The van der Waals surface area contributed by atoms with E-state index in [1.54, 1.807) is 0 Å². The molecule has 0 saturated heterocycles. The Labute approximate surface area is 95.9 Å². The summed E-state index contributed by atoms with van der Waals surface area (Å²) >= 11 is 0. The van der Waals surface area contributed by atoms with Crippen LogP contribution in [0.4, 0.5) is 0 Å². The number of nitrogens with one attached hydrogen (secondary N) is 1. The van der Waals surface area contributed by atoms with Crippen molar-refractivity contribution in [1.29, 1.82) is 0 Å². The fraction of sp³-hybridized carbons (Fsp3) is 0.467. The van der Waals surface area contributed by atoms with Crippen LogP contribution in [0.25, 0.3) is 24.3 Å². The lowest BCUT2D eigenvalue weighted by atomic mass is 9.89. The van der Waals surface area contributed by atoms with Crippen LogP contribution in [0.15, 0.2) is 0 Å². The number of hydrogen-bond acceptors (Lipinski definition) is 0. The second-order valence-electron chi connectivity index (χ2n) is 5.28. The summed E-state index contributed by atoms with van der Waals surface area (Å²) in [5.74, 6) is 1.44. The molecule has 84 valence electrons. The summed E-state index contributed by atoms with van der Waals surface area (Å²) in [7, 11) is 0. The van der Waals surface area contributed by atoms with E-state index in [1.807, 2.05) is 0 Å². The highest BCUT2D eigenvalue weighted by Crippen LogP contribution is 2.17. The van der Waals surface area contributed by atoms with E-state index < -0.39 is 0 Å². The van der Waals surface area contributed by atoms with Crippen LogP contribution in [0.3, 0.4) is 0 Å². The smallest absolute Gasteiger partial charge is 0.0423 e. The van der Waals surface area contributed by atoms with Gasteiger partial charge in [-0.15, -0.1) is 0 Å². The predicted octanol–water partition coefficient (Wildman–Crippen LogP) is 0.606. The van der Waals surface area contributed by atoms with Crippen LogP contribution in [-0.2, 0) is 0 Å². The van der Waals surface area contributed by atoms with Crippen LogP contribution in [0.2, 0.25) is 0 Å². The number of aromatic amines is 1. The summed E-state index contributed by atoms with van der Waals surface area (Å²) < 4.78 is 0. The molecule has 0 spiro atoms. The van der Waals surface area contributed by atoms with Crippen LogP contribution in [-0.4, -0.2) is 4.98 Å². The Bertz CT molecular complexity index is 628. The van der Waals surface area contributed by atoms with Gasteiger partial charge in [0.2, 0.25) is 0 Å². The average molecular weight is 213 g/mol. The molecular weight excluding hydrogens is 194 g/mol. The first kappa shape index (κ1) is 9.95. The highest BCUT2D eigenvalue weighted by molar-refractivity contribution is 5.45. The van der Waals surface area contributed by atoms with Crippen LogP contribution < -0.4 is 21.1 Å². The van der Waals surface area contributed by atoms with E-state index in [2.05, 4.69) is 43.1 Å². The third kappa shape index (κ3) is 1.46. The first-order chi connectivity index (χ1) is 7.75. The molecule has 2 aliphatic rings. The van der Waals surface area contributed by atoms with E-state index in [0.29, 0.717) is 5.92 Å². The Hall–Kier alpha value is -1.24. The average Bonchev–Trinajstić information content (AvgIpc) is 2.66.